The molecule has 0 heterocycles. The molecule has 0 N–H and O–H groups in total. The van der Waals surface area contributed by atoms with Crippen LogP contribution in [0.15, 0.2) is 57.7 Å². The average molecular weight is 251 g/mol. The smallest absolute Gasteiger partial charge is 0.0541 e. The molecule has 0 aromatic rings. The van der Waals surface area contributed by atoms with Gasteiger partial charge in [-0.25, -0.2) is 0 Å². The number of rotatable bonds is 8. The highest BCUT2D eigenvalue weighted by Gasteiger charge is 1.86. The van der Waals surface area contributed by atoms with E-state index in [2.05, 4.69) is 35.4 Å². The zero-order valence-electron chi connectivity index (χ0n) is 10.3. The third-order valence-corrected chi connectivity index (χ3v) is 2.24. The zero-order valence-corrected chi connectivity index (χ0v) is 11.0. The van der Waals surface area contributed by atoms with Crippen LogP contribution in [0.4, 0.5) is 0 Å². The monoisotopic (exact) mass is 250 g/mol. The molecule has 0 bridgehead atoms. The summed E-state index contributed by atoms with van der Waals surface area (Å²) < 4.78 is 0. The van der Waals surface area contributed by atoms with Gasteiger partial charge < -0.3 is 0 Å². The molecule has 17 heavy (non-hydrogen) atoms. The summed E-state index contributed by atoms with van der Waals surface area (Å²) in [6.45, 7) is 9.73. The summed E-state index contributed by atoms with van der Waals surface area (Å²) in [7, 11) is 0. The molecule has 0 aromatic carbocycles. The Morgan fingerprint density at radius 2 is 2.12 bits per heavy atom. The van der Waals surface area contributed by atoms with Crippen LogP contribution < -0.4 is 0 Å². The lowest BCUT2D eigenvalue weighted by Gasteiger charge is -1.93. The number of halogens is 1. The fourth-order valence-corrected chi connectivity index (χ4v) is 1.09. The Hall–Kier alpha value is -1.41. The number of nitrogens with zero attached hydrogens (tertiary/aromatic N) is 2. The number of hydrogen-bond acceptors (Lipinski definition) is 2. The highest BCUT2D eigenvalue weighted by atomic mass is 35.5. The molecule has 0 atom stereocenters. The molecule has 0 rings (SSSR count). The predicted octanol–water partition coefficient (Wildman–Crippen LogP) is 4.31. The van der Waals surface area contributed by atoms with Crippen molar-refractivity contribution in [2.75, 3.05) is 6.54 Å². The van der Waals surface area contributed by atoms with Crippen molar-refractivity contribution in [3.8, 4) is 0 Å². The van der Waals surface area contributed by atoms with Crippen LogP contribution in [0.5, 0.6) is 0 Å². The Kier molecular flexibility index (Phi) is 10.2. The van der Waals surface area contributed by atoms with Crippen molar-refractivity contribution >= 4 is 24.5 Å². The summed E-state index contributed by atoms with van der Waals surface area (Å²) >= 11 is 5.76. The molecule has 0 aliphatic rings. The summed E-state index contributed by atoms with van der Waals surface area (Å²) in [6, 6.07) is 0. The third-order valence-electron chi connectivity index (χ3n) is 1.92. The van der Waals surface area contributed by atoms with Crippen LogP contribution in [0.2, 0.25) is 0 Å². The second-order valence-electron chi connectivity index (χ2n) is 3.22. The molecule has 2 nitrogen and oxygen atoms in total. The Balaban J connectivity index is 3.82. The highest BCUT2D eigenvalue weighted by molar-refractivity contribution is 6.39. The molecule has 0 aliphatic carbocycles. The quantitative estimate of drug-likeness (QED) is 0.266. The minimum atomic E-state index is 0.668. The number of aliphatic imine (C=N–C) groups is 2. The fraction of sp³-hybridized carbons (Fsp3) is 0.286. The Labute approximate surface area is 109 Å². The SMILES string of the molecule is C=C/C=C(/C/C=C/CC/N=C\C(Cl)=C/C)N=C. The molecule has 0 fully saturated rings. The van der Waals surface area contributed by atoms with Gasteiger partial charge in [0.1, 0.15) is 0 Å². The maximum atomic E-state index is 5.76. The van der Waals surface area contributed by atoms with Crippen molar-refractivity contribution < 1.29 is 0 Å². The van der Waals surface area contributed by atoms with Gasteiger partial charge in [0.2, 0.25) is 0 Å². The molecule has 0 aromatic heterocycles. The van der Waals surface area contributed by atoms with Gasteiger partial charge >= 0.3 is 0 Å². The summed E-state index contributed by atoms with van der Waals surface area (Å²) in [5, 5.41) is 0.668. The first-order chi connectivity index (χ1) is 8.24. The van der Waals surface area contributed by atoms with Gasteiger partial charge in [0, 0.05) is 24.9 Å². The molecule has 92 valence electrons. The van der Waals surface area contributed by atoms with Crippen molar-refractivity contribution in [3.63, 3.8) is 0 Å². The largest absolute Gasteiger partial charge is 0.291 e. The third kappa shape index (κ3) is 9.52. The topological polar surface area (TPSA) is 24.7 Å². The lowest BCUT2D eigenvalue weighted by Crippen LogP contribution is -1.80. The first kappa shape index (κ1) is 15.6. The van der Waals surface area contributed by atoms with Gasteiger partial charge in [0.15, 0.2) is 0 Å². The molecule has 0 unspecified atom stereocenters. The first-order valence-electron chi connectivity index (χ1n) is 5.49. The standard InChI is InChI=1S/C14H19ClN2/c1-4-9-14(16-3)10-7-6-8-11-17-12-13(15)5-2/h4-7,9,12H,1,3,8,10-11H2,2H3/b7-6+,13-5+,14-9-,17-12-. The van der Waals surface area contributed by atoms with Gasteiger partial charge in [0.05, 0.1) is 5.03 Å². The van der Waals surface area contributed by atoms with E-state index >= 15 is 0 Å². The van der Waals surface area contributed by atoms with E-state index in [4.69, 9.17) is 11.6 Å². The van der Waals surface area contributed by atoms with E-state index in [-0.39, 0.29) is 0 Å². The number of hydrogen-bond donors (Lipinski definition) is 0. The minimum absolute atomic E-state index is 0.668. The van der Waals surface area contributed by atoms with Crippen molar-refractivity contribution in [2.45, 2.75) is 19.8 Å². The van der Waals surface area contributed by atoms with Crippen LogP contribution in [-0.4, -0.2) is 19.5 Å². The number of allylic oxidation sites excluding steroid dienone is 5. The van der Waals surface area contributed by atoms with E-state index in [9.17, 15) is 0 Å². The van der Waals surface area contributed by atoms with Gasteiger partial charge in [-0.2, -0.15) is 0 Å². The van der Waals surface area contributed by atoms with Crippen LogP contribution in [0.25, 0.3) is 0 Å². The van der Waals surface area contributed by atoms with Crippen LogP contribution in [0.1, 0.15) is 19.8 Å². The summed E-state index contributed by atoms with van der Waals surface area (Å²) in [5.74, 6) is 0. The van der Waals surface area contributed by atoms with Crippen LogP contribution in [0.3, 0.4) is 0 Å². The minimum Gasteiger partial charge on any atom is -0.291 e. The van der Waals surface area contributed by atoms with Gasteiger partial charge in [0.25, 0.3) is 0 Å². The zero-order chi connectivity index (χ0) is 12.9. The lowest BCUT2D eigenvalue weighted by molar-refractivity contribution is 1.00. The molecular formula is C14H19ClN2. The van der Waals surface area contributed by atoms with E-state index in [1.54, 1.807) is 12.3 Å². The molecule has 0 spiro atoms. The molecule has 0 radical (unpaired) electrons. The van der Waals surface area contributed by atoms with Crippen molar-refractivity contribution in [3.05, 3.63) is 47.7 Å². The molecule has 3 heteroatoms. The molecule has 0 aliphatic heterocycles. The highest BCUT2D eigenvalue weighted by Crippen LogP contribution is 2.04. The van der Waals surface area contributed by atoms with E-state index in [1.165, 1.54) is 0 Å². The van der Waals surface area contributed by atoms with E-state index < -0.39 is 0 Å². The normalized spacial score (nSPS) is 13.5. The second kappa shape index (κ2) is 11.1. The molecular weight excluding hydrogens is 232 g/mol. The lowest BCUT2D eigenvalue weighted by atomic mass is 10.2. The predicted molar refractivity (Wildman–Crippen MR) is 79.2 cm³/mol. The van der Waals surface area contributed by atoms with Crippen LogP contribution in [0, 0.1) is 0 Å². The maximum absolute atomic E-state index is 5.76. The van der Waals surface area contributed by atoms with Gasteiger partial charge in [-0.05, 0) is 26.1 Å². The summed E-state index contributed by atoms with van der Waals surface area (Å²) in [5.41, 5.74) is 0.914. The summed E-state index contributed by atoms with van der Waals surface area (Å²) in [4.78, 5) is 8.05. The molecule has 0 saturated heterocycles. The summed E-state index contributed by atoms with van der Waals surface area (Å²) in [6.07, 6.45) is 12.8. The Morgan fingerprint density at radius 1 is 1.35 bits per heavy atom. The Bertz CT molecular complexity index is 349. The van der Waals surface area contributed by atoms with Crippen LogP contribution in [-0.2, 0) is 0 Å². The van der Waals surface area contributed by atoms with Gasteiger partial charge in [-0.1, -0.05) is 42.5 Å². The van der Waals surface area contributed by atoms with Gasteiger partial charge in [-0.3, -0.25) is 9.98 Å². The van der Waals surface area contributed by atoms with Gasteiger partial charge in [-0.15, -0.1) is 0 Å². The van der Waals surface area contributed by atoms with E-state index in [0.29, 0.717) is 5.03 Å². The molecule has 0 amide bonds. The second-order valence-corrected chi connectivity index (χ2v) is 3.66. The maximum Gasteiger partial charge on any atom is 0.0541 e. The first-order valence-corrected chi connectivity index (χ1v) is 5.87. The van der Waals surface area contributed by atoms with E-state index in [0.717, 1.165) is 25.1 Å². The van der Waals surface area contributed by atoms with E-state index in [1.807, 2.05) is 19.1 Å². The van der Waals surface area contributed by atoms with Crippen LogP contribution >= 0.6 is 11.6 Å². The fourth-order valence-electron chi connectivity index (χ4n) is 1.02. The van der Waals surface area contributed by atoms with Crippen molar-refractivity contribution in [2.24, 2.45) is 9.98 Å². The average Bonchev–Trinajstić information content (AvgIpc) is 2.35. The van der Waals surface area contributed by atoms with Crippen molar-refractivity contribution in [1.82, 2.24) is 0 Å². The molecule has 0 saturated carbocycles. The Morgan fingerprint density at radius 3 is 2.71 bits per heavy atom. The van der Waals surface area contributed by atoms with Crippen molar-refractivity contribution in [1.29, 1.82) is 0 Å².